The van der Waals surface area contributed by atoms with Crippen LogP contribution < -0.4 is 5.32 Å². The fourth-order valence-corrected chi connectivity index (χ4v) is 2.82. The summed E-state index contributed by atoms with van der Waals surface area (Å²) in [6.45, 7) is 7.72. The second-order valence-electron chi connectivity index (χ2n) is 5.76. The quantitative estimate of drug-likeness (QED) is 0.781. The number of hydrogen-bond donors (Lipinski definition) is 1. The van der Waals surface area contributed by atoms with Crippen molar-refractivity contribution >= 4 is 0 Å². The second-order valence-corrected chi connectivity index (χ2v) is 5.76. The van der Waals surface area contributed by atoms with E-state index >= 15 is 0 Å². The molecule has 21 heavy (non-hydrogen) atoms. The minimum absolute atomic E-state index is 0.349. The smallest absolute Gasteiger partial charge is 0.0798 e. The van der Waals surface area contributed by atoms with Crippen molar-refractivity contribution in [1.29, 1.82) is 0 Å². The summed E-state index contributed by atoms with van der Waals surface area (Å²) in [6, 6.07) is 12.8. The summed E-state index contributed by atoms with van der Waals surface area (Å²) in [5, 5.41) is 8.34. The molecular weight excluding hydrogens is 258 g/mol. The van der Waals surface area contributed by atoms with Crippen molar-refractivity contribution in [3.63, 3.8) is 0 Å². The fourth-order valence-electron chi connectivity index (χ4n) is 2.82. The molecule has 2 unspecified atom stereocenters. The Labute approximate surface area is 128 Å². The third-order valence-corrected chi connectivity index (χ3v) is 3.86. The molecule has 1 N–H and O–H groups in total. The molecule has 2 aromatic rings. The lowest BCUT2D eigenvalue weighted by Crippen LogP contribution is -2.23. The molecule has 0 saturated heterocycles. The predicted molar refractivity (Wildman–Crippen MR) is 88.7 cm³/mol. The number of nitrogens with zero attached hydrogens (tertiary/aromatic N) is 2. The van der Waals surface area contributed by atoms with Gasteiger partial charge in [0, 0.05) is 6.20 Å². The maximum atomic E-state index is 4.77. The highest BCUT2D eigenvalue weighted by molar-refractivity contribution is 5.30. The van der Waals surface area contributed by atoms with Crippen molar-refractivity contribution in [3.8, 4) is 5.69 Å². The van der Waals surface area contributed by atoms with E-state index in [2.05, 4.69) is 50.5 Å². The molecule has 2 atom stereocenters. The number of aromatic nitrogens is 2. The number of benzene rings is 1. The Bertz CT molecular complexity index is 518. The summed E-state index contributed by atoms with van der Waals surface area (Å²) < 4.78 is 1.96. The molecule has 1 heterocycles. The molecule has 2 rings (SSSR count). The third kappa shape index (κ3) is 4.43. The minimum Gasteiger partial charge on any atom is -0.309 e. The van der Waals surface area contributed by atoms with E-state index in [0.717, 1.165) is 30.3 Å². The monoisotopic (exact) mass is 285 g/mol. The van der Waals surface area contributed by atoms with Gasteiger partial charge in [-0.2, -0.15) is 5.10 Å². The fraction of sp³-hybridized carbons (Fsp3) is 0.500. The SMILES string of the molecule is CCCC(C)CC(NCC)c1ccn(-c2ccccc2)n1. The number of rotatable bonds is 8. The van der Waals surface area contributed by atoms with Gasteiger partial charge in [-0.3, -0.25) is 0 Å². The van der Waals surface area contributed by atoms with Crippen LogP contribution in [0.25, 0.3) is 5.69 Å². The van der Waals surface area contributed by atoms with Crippen molar-refractivity contribution < 1.29 is 0 Å². The van der Waals surface area contributed by atoms with Crippen molar-refractivity contribution in [2.24, 2.45) is 5.92 Å². The van der Waals surface area contributed by atoms with E-state index in [4.69, 9.17) is 5.10 Å². The molecule has 0 bridgehead atoms. The van der Waals surface area contributed by atoms with Crippen LogP contribution in [0.1, 0.15) is 51.8 Å². The lowest BCUT2D eigenvalue weighted by Gasteiger charge is -2.20. The molecule has 0 saturated carbocycles. The topological polar surface area (TPSA) is 29.9 Å². The Morgan fingerprint density at radius 2 is 1.90 bits per heavy atom. The van der Waals surface area contributed by atoms with Crippen LogP contribution in [0.3, 0.4) is 0 Å². The van der Waals surface area contributed by atoms with Crippen LogP contribution in [0, 0.1) is 5.92 Å². The van der Waals surface area contributed by atoms with E-state index in [-0.39, 0.29) is 0 Å². The molecule has 0 aliphatic rings. The summed E-state index contributed by atoms with van der Waals surface area (Å²) in [6.07, 6.45) is 5.73. The first-order valence-electron chi connectivity index (χ1n) is 8.09. The maximum Gasteiger partial charge on any atom is 0.0798 e. The van der Waals surface area contributed by atoms with Crippen LogP contribution in [0.4, 0.5) is 0 Å². The van der Waals surface area contributed by atoms with Crippen molar-refractivity contribution in [3.05, 3.63) is 48.3 Å². The highest BCUT2D eigenvalue weighted by Gasteiger charge is 2.16. The average molecular weight is 285 g/mol. The van der Waals surface area contributed by atoms with E-state index in [9.17, 15) is 0 Å². The predicted octanol–water partition coefficient (Wildman–Crippen LogP) is 4.35. The van der Waals surface area contributed by atoms with E-state index in [1.54, 1.807) is 0 Å². The summed E-state index contributed by atoms with van der Waals surface area (Å²) in [7, 11) is 0. The van der Waals surface area contributed by atoms with E-state index in [1.165, 1.54) is 12.8 Å². The highest BCUT2D eigenvalue weighted by atomic mass is 15.3. The zero-order valence-corrected chi connectivity index (χ0v) is 13.4. The van der Waals surface area contributed by atoms with Gasteiger partial charge in [0.05, 0.1) is 17.4 Å². The standard InChI is InChI=1S/C18H27N3/c1-4-9-15(3)14-18(19-5-2)17-12-13-21(20-17)16-10-7-6-8-11-16/h6-8,10-13,15,18-19H,4-5,9,14H2,1-3H3. The van der Waals surface area contributed by atoms with Gasteiger partial charge in [-0.05, 0) is 37.1 Å². The average Bonchev–Trinajstić information content (AvgIpc) is 2.98. The van der Waals surface area contributed by atoms with E-state index in [1.807, 2.05) is 22.9 Å². The Morgan fingerprint density at radius 3 is 2.57 bits per heavy atom. The summed E-state index contributed by atoms with van der Waals surface area (Å²) >= 11 is 0. The van der Waals surface area contributed by atoms with Gasteiger partial charge in [-0.1, -0.05) is 51.8 Å². The van der Waals surface area contributed by atoms with Crippen LogP contribution in [0.15, 0.2) is 42.6 Å². The van der Waals surface area contributed by atoms with Gasteiger partial charge in [0.1, 0.15) is 0 Å². The highest BCUT2D eigenvalue weighted by Crippen LogP contribution is 2.23. The lowest BCUT2D eigenvalue weighted by molar-refractivity contribution is 0.389. The molecule has 1 aromatic heterocycles. The molecule has 0 aliphatic heterocycles. The lowest BCUT2D eigenvalue weighted by atomic mass is 9.95. The molecule has 3 heteroatoms. The second kappa shape index (κ2) is 7.99. The van der Waals surface area contributed by atoms with Crippen LogP contribution in [-0.4, -0.2) is 16.3 Å². The Balaban J connectivity index is 2.12. The largest absolute Gasteiger partial charge is 0.309 e. The summed E-state index contributed by atoms with van der Waals surface area (Å²) in [5.41, 5.74) is 2.25. The van der Waals surface area contributed by atoms with Crippen LogP contribution in [0.5, 0.6) is 0 Å². The molecule has 0 fully saturated rings. The maximum absolute atomic E-state index is 4.77. The molecular formula is C18H27N3. The Hall–Kier alpha value is -1.61. The molecule has 3 nitrogen and oxygen atoms in total. The first-order valence-corrected chi connectivity index (χ1v) is 8.09. The minimum atomic E-state index is 0.349. The Morgan fingerprint density at radius 1 is 1.14 bits per heavy atom. The van der Waals surface area contributed by atoms with Gasteiger partial charge >= 0.3 is 0 Å². The van der Waals surface area contributed by atoms with Crippen LogP contribution >= 0.6 is 0 Å². The van der Waals surface area contributed by atoms with Gasteiger partial charge in [-0.25, -0.2) is 4.68 Å². The number of hydrogen-bond acceptors (Lipinski definition) is 2. The Kier molecular flexibility index (Phi) is 6.00. The molecule has 1 aromatic carbocycles. The van der Waals surface area contributed by atoms with Gasteiger partial charge < -0.3 is 5.32 Å². The van der Waals surface area contributed by atoms with E-state index in [0.29, 0.717) is 6.04 Å². The third-order valence-electron chi connectivity index (χ3n) is 3.86. The van der Waals surface area contributed by atoms with Gasteiger partial charge in [0.2, 0.25) is 0 Å². The molecule has 0 spiro atoms. The molecule has 0 aliphatic carbocycles. The number of para-hydroxylation sites is 1. The molecule has 0 radical (unpaired) electrons. The van der Waals surface area contributed by atoms with Crippen LogP contribution in [0.2, 0.25) is 0 Å². The zero-order chi connectivity index (χ0) is 15.1. The van der Waals surface area contributed by atoms with Crippen molar-refractivity contribution in [2.45, 2.75) is 46.1 Å². The summed E-state index contributed by atoms with van der Waals surface area (Å²) in [4.78, 5) is 0. The first kappa shape index (κ1) is 15.8. The van der Waals surface area contributed by atoms with Crippen LogP contribution in [-0.2, 0) is 0 Å². The molecule has 114 valence electrons. The van der Waals surface area contributed by atoms with Crippen molar-refractivity contribution in [1.82, 2.24) is 15.1 Å². The first-order chi connectivity index (χ1) is 10.2. The van der Waals surface area contributed by atoms with E-state index < -0.39 is 0 Å². The normalized spacial score (nSPS) is 14.0. The zero-order valence-electron chi connectivity index (χ0n) is 13.4. The number of nitrogens with one attached hydrogen (secondary N) is 1. The van der Waals surface area contributed by atoms with Gasteiger partial charge in [0.15, 0.2) is 0 Å². The van der Waals surface area contributed by atoms with Crippen molar-refractivity contribution in [2.75, 3.05) is 6.54 Å². The van der Waals surface area contributed by atoms with Gasteiger partial charge in [0.25, 0.3) is 0 Å². The summed E-state index contributed by atoms with van der Waals surface area (Å²) in [5.74, 6) is 0.723. The van der Waals surface area contributed by atoms with Gasteiger partial charge in [-0.15, -0.1) is 0 Å². The molecule has 0 amide bonds.